The van der Waals surface area contributed by atoms with Crippen molar-refractivity contribution in [1.82, 2.24) is 19.9 Å². The van der Waals surface area contributed by atoms with E-state index < -0.39 is 5.82 Å². The normalized spacial score (nSPS) is 27.0. The van der Waals surface area contributed by atoms with Crippen molar-refractivity contribution < 1.29 is 14.2 Å². The molecule has 5 rings (SSSR count). The minimum atomic E-state index is -0.637. The fourth-order valence-corrected chi connectivity index (χ4v) is 5.55. The highest BCUT2D eigenvalue weighted by molar-refractivity contribution is 6.30. The lowest BCUT2D eigenvalue weighted by molar-refractivity contribution is 0.0644. The zero-order valence-electron chi connectivity index (χ0n) is 17.0. The molecule has 9 heteroatoms. The van der Waals surface area contributed by atoms with Crippen molar-refractivity contribution in [2.75, 3.05) is 37.7 Å². The molecule has 30 heavy (non-hydrogen) atoms. The maximum atomic E-state index is 14.8. The molecular weight excluding hydrogens is 409 g/mol. The SMILES string of the molecule is OC[C@@H]1CC[C@]2(COc3nc(N4CCCCC4)c4cnc(Cl)c(F)c4n3)CCCN12. The first kappa shape index (κ1) is 20.2. The first-order valence-corrected chi connectivity index (χ1v) is 11.3. The predicted octanol–water partition coefficient (Wildman–Crippen LogP) is 3.18. The molecule has 162 valence electrons. The number of aliphatic hydroxyl groups is 1. The molecule has 3 aliphatic rings. The van der Waals surface area contributed by atoms with Gasteiger partial charge in [0.05, 0.1) is 17.5 Å². The third kappa shape index (κ3) is 3.39. The Kier molecular flexibility index (Phi) is 5.41. The lowest BCUT2D eigenvalue weighted by atomic mass is 9.95. The van der Waals surface area contributed by atoms with Crippen LogP contribution in [0.15, 0.2) is 6.20 Å². The van der Waals surface area contributed by atoms with Gasteiger partial charge in [0.25, 0.3) is 0 Å². The van der Waals surface area contributed by atoms with E-state index in [1.54, 1.807) is 6.20 Å². The van der Waals surface area contributed by atoms with Gasteiger partial charge in [0.2, 0.25) is 0 Å². The van der Waals surface area contributed by atoms with Gasteiger partial charge in [-0.2, -0.15) is 9.97 Å². The number of rotatable bonds is 5. The second-order valence-electron chi connectivity index (χ2n) is 8.69. The van der Waals surface area contributed by atoms with Crippen LogP contribution in [0.2, 0.25) is 5.15 Å². The molecule has 0 aliphatic carbocycles. The number of anilines is 1. The number of ether oxygens (including phenoxy) is 1. The van der Waals surface area contributed by atoms with Crippen molar-refractivity contribution in [3.8, 4) is 6.01 Å². The van der Waals surface area contributed by atoms with Crippen LogP contribution in [-0.4, -0.2) is 69.4 Å². The van der Waals surface area contributed by atoms with E-state index in [0.29, 0.717) is 17.8 Å². The zero-order valence-corrected chi connectivity index (χ0v) is 17.7. The van der Waals surface area contributed by atoms with Gasteiger partial charge >= 0.3 is 6.01 Å². The smallest absolute Gasteiger partial charge is 0.319 e. The maximum absolute atomic E-state index is 14.8. The van der Waals surface area contributed by atoms with Crippen LogP contribution in [0, 0.1) is 5.82 Å². The summed E-state index contributed by atoms with van der Waals surface area (Å²) in [5.41, 5.74) is 0.0619. The first-order valence-electron chi connectivity index (χ1n) is 10.9. The van der Waals surface area contributed by atoms with E-state index in [4.69, 9.17) is 16.3 Å². The number of hydrogen-bond acceptors (Lipinski definition) is 7. The summed E-state index contributed by atoms with van der Waals surface area (Å²) >= 11 is 5.93. The van der Waals surface area contributed by atoms with Crippen LogP contribution in [0.3, 0.4) is 0 Å². The molecule has 0 amide bonds. The van der Waals surface area contributed by atoms with Crippen molar-refractivity contribution in [2.24, 2.45) is 0 Å². The number of aromatic nitrogens is 3. The molecule has 0 unspecified atom stereocenters. The average molecular weight is 436 g/mol. The van der Waals surface area contributed by atoms with E-state index in [1.165, 1.54) is 6.42 Å². The number of aliphatic hydroxyl groups excluding tert-OH is 1. The van der Waals surface area contributed by atoms with E-state index in [2.05, 4.69) is 24.8 Å². The van der Waals surface area contributed by atoms with Crippen LogP contribution < -0.4 is 9.64 Å². The Morgan fingerprint density at radius 2 is 2.00 bits per heavy atom. The number of pyridine rings is 1. The monoisotopic (exact) mass is 435 g/mol. The van der Waals surface area contributed by atoms with E-state index in [0.717, 1.165) is 58.2 Å². The van der Waals surface area contributed by atoms with Crippen LogP contribution in [-0.2, 0) is 0 Å². The first-order chi connectivity index (χ1) is 14.6. The summed E-state index contributed by atoms with van der Waals surface area (Å²) in [5.74, 6) is 0.0275. The van der Waals surface area contributed by atoms with E-state index in [-0.39, 0.29) is 34.9 Å². The summed E-state index contributed by atoms with van der Waals surface area (Å²) in [4.78, 5) is 17.6. The second kappa shape index (κ2) is 8.05. The second-order valence-corrected chi connectivity index (χ2v) is 9.05. The molecule has 0 radical (unpaired) electrons. The number of piperidine rings is 1. The van der Waals surface area contributed by atoms with E-state index in [1.807, 2.05) is 0 Å². The predicted molar refractivity (Wildman–Crippen MR) is 113 cm³/mol. The largest absolute Gasteiger partial charge is 0.461 e. The van der Waals surface area contributed by atoms with E-state index >= 15 is 0 Å². The Balaban J connectivity index is 1.47. The van der Waals surface area contributed by atoms with Crippen molar-refractivity contribution in [2.45, 2.75) is 56.5 Å². The average Bonchev–Trinajstić information content (AvgIpc) is 3.34. The van der Waals surface area contributed by atoms with Gasteiger partial charge < -0.3 is 14.7 Å². The van der Waals surface area contributed by atoms with E-state index in [9.17, 15) is 9.50 Å². The summed E-state index contributed by atoms with van der Waals surface area (Å²) < 4.78 is 20.9. The van der Waals surface area contributed by atoms with Gasteiger partial charge in [-0.3, -0.25) is 4.90 Å². The van der Waals surface area contributed by atoms with Gasteiger partial charge in [-0.25, -0.2) is 9.37 Å². The van der Waals surface area contributed by atoms with Gasteiger partial charge in [0.1, 0.15) is 17.9 Å². The molecule has 7 nitrogen and oxygen atoms in total. The van der Waals surface area contributed by atoms with Crippen LogP contribution in [0.4, 0.5) is 10.2 Å². The summed E-state index contributed by atoms with van der Waals surface area (Å²) in [6.45, 7) is 3.32. The Hall–Kier alpha value is -1.77. The molecule has 2 aromatic rings. The summed E-state index contributed by atoms with van der Waals surface area (Å²) in [5, 5.41) is 10.1. The molecule has 0 saturated carbocycles. The highest BCUT2D eigenvalue weighted by Crippen LogP contribution is 2.42. The van der Waals surface area contributed by atoms with Crippen LogP contribution in [0.1, 0.15) is 44.9 Å². The maximum Gasteiger partial charge on any atom is 0.319 e. The van der Waals surface area contributed by atoms with Crippen molar-refractivity contribution in [3.05, 3.63) is 17.2 Å². The van der Waals surface area contributed by atoms with Gasteiger partial charge in [0, 0.05) is 25.3 Å². The fourth-order valence-electron chi connectivity index (χ4n) is 5.42. The molecule has 0 bridgehead atoms. The highest BCUT2D eigenvalue weighted by atomic mass is 35.5. The minimum Gasteiger partial charge on any atom is -0.461 e. The van der Waals surface area contributed by atoms with Gasteiger partial charge in [-0.1, -0.05) is 11.6 Å². The zero-order chi connectivity index (χ0) is 20.7. The molecule has 1 N–H and O–H groups in total. The minimum absolute atomic E-state index is 0.0918. The lowest BCUT2D eigenvalue weighted by Gasteiger charge is -2.34. The molecule has 3 fully saturated rings. The van der Waals surface area contributed by atoms with Crippen LogP contribution in [0.5, 0.6) is 6.01 Å². The number of nitrogens with zero attached hydrogens (tertiary/aromatic N) is 5. The van der Waals surface area contributed by atoms with Crippen molar-refractivity contribution in [1.29, 1.82) is 0 Å². The van der Waals surface area contributed by atoms with Crippen molar-refractivity contribution >= 4 is 28.3 Å². The van der Waals surface area contributed by atoms with Gasteiger partial charge in [0.15, 0.2) is 11.0 Å². The fraction of sp³-hybridized carbons (Fsp3) is 0.667. The Bertz CT molecular complexity index is 941. The Morgan fingerprint density at radius 3 is 2.80 bits per heavy atom. The standard InChI is InChI=1S/C21H27ClFN5O2/c22-18-16(23)17-15(11-24-18)19(27-8-2-1-3-9-27)26-20(25-17)30-13-21-6-4-10-28(21)14(12-29)5-7-21/h11,14,29H,1-10,12-13H2/t14-,21-/m0/s1. The van der Waals surface area contributed by atoms with Crippen molar-refractivity contribution in [3.63, 3.8) is 0 Å². The molecule has 0 spiro atoms. The quantitative estimate of drug-likeness (QED) is 0.723. The summed E-state index contributed by atoms with van der Waals surface area (Å²) in [6.07, 6.45) is 8.95. The Labute approximate surface area is 180 Å². The topological polar surface area (TPSA) is 74.6 Å². The number of hydrogen-bond donors (Lipinski definition) is 1. The number of fused-ring (bicyclic) bond motifs is 2. The molecule has 0 aromatic carbocycles. The molecule has 2 atom stereocenters. The van der Waals surface area contributed by atoms with Gasteiger partial charge in [-0.15, -0.1) is 0 Å². The highest BCUT2D eigenvalue weighted by Gasteiger charge is 2.49. The molecular formula is C21H27ClFN5O2. The van der Waals surface area contributed by atoms with Crippen LogP contribution >= 0.6 is 11.6 Å². The lowest BCUT2D eigenvalue weighted by Crippen LogP contribution is -2.47. The summed E-state index contributed by atoms with van der Waals surface area (Å²) in [6, 6.07) is 0.373. The molecule has 3 aliphatic heterocycles. The molecule has 5 heterocycles. The van der Waals surface area contributed by atoms with Gasteiger partial charge in [-0.05, 0) is 51.5 Å². The summed E-state index contributed by atoms with van der Waals surface area (Å²) in [7, 11) is 0. The third-order valence-electron chi connectivity index (χ3n) is 6.97. The third-order valence-corrected chi connectivity index (χ3v) is 7.23. The molecule has 3 saturated heterocycles. The number of halogens is 2. The molecule has 2 aromatic heterocycles. The van der Waals surface area contributed by atoms with Crippen LogP contribution in [0.25, 0.3) is 10.9 Å². The Morgan fingerprint density at radius 1 is 1.17 bits per heavy atom.